The lowest BCUT2D eigenvalue weighted by molar-refractivity contribution is -0.274. The van der Waals surface area contributed by atoms with E-state index in [-0.39, 0.29) is 11.8 Å². The molecule has 6 heteroatoms. The van der Waals surface area contributed by atoms with E-state index in [1.54, 1.807) is 24.5 Å². The first-order chi connectivity index (χ1) is 9.85. The number of aromatic nitrogens is 1. The van der Waals surface area contributed by atoms with E-state index in [9.17, 15) is 13.2 Å². The van der Waals surface area contributed by atoms with Gasteiger partial charge in [-0.25, -0.2) is 0 Å². The fraction of sp³-hybridized carbons (Fsp3) is 0.267. The minimum absolute atomic E-state index is 0.234. The van der Waals surface area contributed by atoms with Gasteiger partial charge in [-0.2, -0.15) is 0 Å². The van der Waals surface area contributed by atoms with Crippen LogP contribution in [0.25, 0.3) is 0 Å². The summed E-state index contributed by atoms with van der Waals surface area (Å²) in [6.07, 6.45) is -0.749. The van der Waals surface area contributed by atoms with Crippen LogP contribution in [-0.4, -0.2) is 11.3 Å². The van der Waals surface area contributed by atoms with Crippen molar-refractivity contribution in [2.75, 3.05) is 0 Å². The number of halogens is 3. The highest BCUT2D eigenvalue weighted by Crippen LogP contribution is 2.24. The monoisotopic (exact) mass is 296 g/mol. The Morgan fingerprint density at radius 3 is 2.43 bits per heavy atom. The normalized spacial score (nSPS) is 13.0. The summed E-state index contributed by atoms with van der Waals surface area (Å²) in [7, 11) is 0. The van der Waals surface area contributed by atoms with Gasteiger partial charge in [0, 0.05) is 18.4 Å². The molecule has 0 spiro atoms. The number of nitrogens with zero attached hydrogens (tertiary/aromatic N) is 1. The second-order valence-corrected chi connectivity index (χ2v) is 4.73. The van der Waals surface area contributed by atoms with Gasteiger partial charge in [-0.1, -0.05) is 12.1 Å². The van der Waals surface area contributed by atoms with E-state index in [1.165, 1.54) is 12.1 Å². The number of ether oxygens (including phenoxy) is 1. The molecule has 0 aliphatic heterocycles. The SMILES string of the molecule is Cc1cnccc1C(N)Cc1ccc(OC(F)(F)F)cc1. The number of hydrogen-bond donors (Lipinski definition) is 1. The van der Waals surface area contributed by atoms with Crippen molar-refractivity contribution in [1.82, 2.24) is 4.98 Å². The van der Waals surface area contributed by atoms with E-state index >= 15 is 0 Å². The second-order valence-electron chi connectivity index (χ2n) is 4.73. The average molecular weight is 296 g/mol. The van der Waals surface area contributed by atoms with Crippen molar-refractivity contribution in [2.24, 2.45) is 5.73 Å². The third kappa shape index (κ3) is 4.46. The standard InChI is InChI=1S/C15H15F3N2O/c1-10-9-20-7-6-13(10)14(19)8-11-2-4-12(5-3-11)21-15(16,17)18/h2-7,9,14H,8,19H2,1H3. The molecule has 112 valence electrons. The Morgan fingerprint density at radius 1 is 1.19 bits per heavy atom. The number of nitrogens with two attached hydrogens (primary N) is 1. The lowest BCUT2D eigenvalue weighted by Crippen LogP contribution is -2.17. The fourth-order valence-corrected chi connectivity index (χ4v) is 2.09. The number of rotatable bonds is 4. The minimum atomic E-state index is -4.67. The summed E-state index contributed by atoms with van der Waals surface area (Å²) in [5, 5.41) is 0. The Bertz CT molecular complexity index is 597. The Balaban J connectivity index is 2.05. The highest BCUT2D eigenvalue weighted by Gasteiger charge is 2.30. The summed E-state index contributed by atoms with van der Waals surface area (Å²) in [6, 6.07) is 7.35. The van der Waals surface area contributed by atoms with Gasteiger partial charge in [-0.15, -0.1) is 13.2 Å². The van der Waals surface area contributed by atoms with Gasteiger partial charge in [0.1, 0.15) is 5.75 Å². The van der Waals surface area contributed by atoms with Gasteiger partial charge in [-0.3, -0.25) is 4.98 Å². The van der Waals surface area contributed by atoms with Crippen LogP contribution in [0.3, 0.4) is 0 Å². The molecule has 1 heterocycles. The van der Waals surface area contributed by atoms with Gasteiger partial charge < -0.3 is 10.5 Å². The van der Waals surface area contributed by atoms with Crippen molar-refractivity contribution < 1.29 is 17.9 Å². The van der Waals surface area contributed by atoms with E-state index < -0.39 is 6.36 Å². The molecular formula is C15H15F3N2O. The predicted octanol–water partition coefficient (Wildman–Crippen LogP) is 3.53. The number of alkyl halides is 3. The summed E-state index contributed by atoms with van der Waals surface area (Å²) in [6.45, 7) is 1.92. The summed E-state index contributed by atoms with van der Waals surface area (Å²) < 4.78 is 40.0. The first-order valence-corrected chi connectivity index (χ1v) is 6.36. The smallest absolute Gasteiger partial charge is 0.406 e. The van der Waals surface area contributed by atoms with Gasteiger partial charge >= 0.3 is 6.36 Å². The van der Waals surface area contributed by atoms with Crippen LogP contribution < -0.4 is 10.5 Å². The molecule has 1 unspecified atom stereocenters. The molecule has 21 heavy (non-hydrogen) atoms. The summed E-state index contributed by atoms with van der Waals surface area (Å²) in [4.78, 5) is 4.00. The van der Waals surface area contributed by atoms with Crippen LogP contribution in [0.4, 0.5) is 13.2 Å². The molecule has 2 aromatic rings. The molecule has 0 aliphatic rings. The molecule has 2 rings (SSSR count). The largest absolute Gasteiger partial charge is 0.573 e. The van der Waals surface area contributed by atoms with Crippen molar-refractivity contribution in [1.29, 1.82) is 0 Å². The van der Waals surface area contributed by atoms with E-state index in [0.29, 0.717) is 6.42 Å². The highest BCUT2D eigenvalue weighted by atomic mass is 19.4. The zero-order valence-electron chi connectivity index (χ0n) is 11.4. The second kappa shape index (κ2) is 6.13. The minimum Gasteiger partial charge on any atom is -0.406 e. The summed E-state index contributed by atoms with van der Waals surface area (Å²) in [5.41, 5.74) is 8.93. The topological polar surface area (TPSA) is 48.1 Å². The number of benzene rings is 1. The lowest BCUT2D eigenvalue weighted by Gasteiger charge is -2.15. The molecule has 0 bridgehead atoms. The van der Waals surface area contributed by atoms with Crippen molar-refractivity contribution in [3.8, 4) is 5.75 Å². The van der Waals surface area contributed by atoms with Crippen molar-refractivity contribution in [2.45, 2.75) is 25.7 Å². The van der Waals surface area contributed by atoms with Crippen LogP contribution >= 0.6 is 0 Å². The van der Waals surface area contributed by atoms with E-state index in [4.69, 9.17) is 5.73 Å². The Labute approximate surface area is 120 Å². The van der Waals surface area contributed by atoms with Crippen LogP contribution in [0.2, 0.25) is 0 Å². The summed E-state index contributed by atoms with van der Waals surface area (Å²) >= 11 is 0. The van der Waals surface area contributed by atoms with Crippen molar-refractivity contribution in [3.63, 3.8) is 0 Å². The van der Waals surface area contributed by atoms with E-state index in [0.717, 1.165) is 16.7 Å². The van der Waals surface area contributed by atoms with Crippen LogP contribution in [-0.2, 0) is 6.42 Å². The Morgan fingerprint density at radius 2 is 1.86 bits per heavy atom. The maximum atomic E-state index is 12.1. The first-order valence-electron chi connectivity index (χ1n) is 6.36. The Hall–Kier alpha value is -2.08. The van der Waals surface area contributed by atoms with Gasteiger partial charge in [-0.05, 0) is 48.2 Å². The fourth-order valence-electron chi connectivity index (χ4n) is 2.09. The molecule has 1 aromatic heterocycles. The highest BCUT2D eigenvalue weighted by molar-refractivity contribution is 5.31. The molecule has 0 radical (unpaired) electrons. The predicted molar refractivity (Wildman–Crippen MR) is 72.7 cm³/mol. The summed E-state index contributed by atoms with van der Waals surface area (Å²) in [5.74, 6) is -0.236. The molecule has 1 atom stereocenters. The molecule has 1 aromatic carbocycles. The van der Waals surface area contributed by atoms with Gasteiger partial charge in [0.15, 0.2) is 0 Å². The third-order valence-corrected chi connectivity index (χ3v) is 3.08. The average Bonchev–Trinajstić information content (AvgIpc) is 2.40. The van der Waals surface area contributed by atoms with Gasteiger partial charge in [0.2, 0.25) is 0 Å². The molecule has 0 saturated carbocycles. The molecular weight excluding hydrogens is 281 g/mol. The first kappa shape index (κ1) is 15.3. The van der Waals surface area contributed by atoms with Crippen molar-refractivity contribution >= 4 is 0 Å². The zero-order valence-corrected chi connectivity index (χ0v) is 11.4. The van der Waals surface area contributed by atoms with Gasteiger partial charge in [0.05, 0.1) is 0 Å². The molecule has 0 fully saturated rings. The van der Waals surface area contributed by atoms with Crippen LogP contribution in [0, 0.1) is 6.92 Å². The molecule has 0 saturated heterocycles. The van der Waals surface area contributed by atoms with E-state index in [2.05, 4.69) is 9.72 Å². The van der Waals surface area contributed by atoms with Gasteiger partial charge in [0.25, 0.3) is 0 Å². The number of pyridine rings is 1. The lowest BCUT2D eigenvalue weighted by atomic mass is 9.97. The molecule has 0 amide bonds. The number of aryl methyl sites for hydroxylation is 1. The maximum absolute atomic E-state index is 12.1. The molecule has 2 N–H and O–H groups in total. The third-order valence-electron chi connectivity index (χ3n) is 3.08. The zero-order chi connectivity index (χ0) is 15.5. The molecule has 0 aliphatic carbocycles. The van der Waals surface area contributed by atoms with Crippen LogP contribution in [0.15, 0.2) is 42.7 Å². The number of hydrogen-bond acceptors (Lipinski definition) is 3. The van der Waals surface area contributed by atoms with Crippen LogP contribution in [0.1, 0.15) is 22.7 Å². The quantitative estimate of drug-likeness (QED) is 0.939. The maximum Gasteiger partial charge on any atom is 0.573 e. The van der Waals surface area contributed by atoms with Crippen molar-refractivity contribution in [3.05, 3.63) is 59.4 Å². The van der Waals surface area contributed by atoms with E-state index in [1.807, 2.05) is 13.0 Å². The molecule has 3 nitrogen and oxygen atoms in total. The Kier molecular flexibility index (Phi) is 4.47. The van der Waals surface area contributed by atoms with Crippen LogP contribution in [0.5, 0.6) is 5.75 Å².